The average molecular weight is 272 g/mol. The molecule has 0 aliphatic heterocycles. The molecule has 1 heterocycles. The van der Waals surface area contributed by atoms with E-state index in [1.54, 1.807) is 19.2 Å². The summed E-state index contributed by atoms with van der Waals surface area (Å²) in [6.07, 6.45) is 1.72. The smallest absolute Gasteiger partial charge is 0.272 e. The topological polar surface area (TPSA) is 94.1 Å². The van der Waals surface area contributed by atoms with Crippen molar-refractivity contribution < 1.29 is 4.92 Å². The van der Waals surface area contributed by atoms with Crippen LogP contribution in [-0.4, -0.2) is 9.91 Å². The number of nitrogen functional groups attached to an aromatic ring is 1. The Morgan fingerprint density at radius 2 is 2.15 bits per heavy atom. The first kappa shape index (κ1) is 13.8. The van der Waals surface area contributed by atoms with E-state index in [1.807, 2.05) is 19.1 Å². The van der Waals surface area contributed by atoms with Gasteiger partial charge in [0.25, 0.3) is 5.69 Å². The summed E-state index contributed by atoms with van der Waals surface area (Å²) in [6.45, 7) is 4.09. The van der Waals surface area contributed by atoms with Gasteiger partial charge >= 0.3 is 0 Å². The first-order valence-corrected chi connectivity index (χ1v) is 6.18. The number of anilines is 2. The molecule has 0 spiro atoms. The van der Waals surface area contributed by atoms with Crippen LogP contribution >= 0.6 is 0 Å². The van der Waals surface area contributed by atoms with Gasteiger partial charge in [-0.2, -0.15) is 0 Å². The number of hydrogen-bond donors (Lipinski definition) is 2. The fraction of sp³-hybridized carbons (Fsp3) is 0.214. The molecule has 1 aromatic heterocycles. The van der Waals surface area contributed by atoms with Crippen LogP contribution in [0.25, 0.3) is 0 Å². The number of nitrogens with one attached hydrogen (secondary N) is 1. The van der Waals surface area contributed by atoms with Crippen LogP contribution < -0.4 is 11.1 Å². The second kappa shape index (κ2) is 5.56. The van der Waals surface area contributed by atoms with E-state index >= 15 is 0 Å². The van der Waals surface area contributed by atoms with E-state index in [9.17, 15) is 10.1 Å². The highest BCUT2D eigenvalue weighted by atomic mass is 16.6. The fourth-order valence-electron chi connectivity index (χ4n) is 1.98. The normalized spacial score (nSPS) is 10.3. The molecule has 2 rings (SSSR count). The quantitative estimate of drug-likeness (QED) is 0.659. The van der Waals surface area contributed by atoms with Crippen molar-refractivity contribution >= 4 is 17.2 Å². The molecule has 0 saturated carbocycles. The number of nitro benzene ring substituents is 1. The lowest BCUT2D eigenvalue weighted by molar-refractivity contribution is -0.385. The van der Waals surface area contributed by atoms with Crippen LogP contribution in [0.5, 0.6) is 0 Å². The zero-order valence-corrected chi connectivity index (χ0v) is 11.4. The molecule has 0 saturated heterocycles. The third kappa shape index (κ3) is 2.85. The van der Waals surface area contributed by atoms with E-state index in [0.29, 0.717) is 23.6 Å². The van der Waals surface area contributed by atoms with E-state index in [0.717, 1.165) is 11.1 Å². The van der Waals surface area contributed by atoms with Crippen molar-refractivity contribution in [1.29, 1.82) is 0 Å². The van der Waals surface area contributed by atoms with Gasteiger partial charge in [0.15, 0.2) is 0 Å². The number of pyridine rings is 1. The number of nitrogens with two attached hydrogens (primary N) is 1. The number of rotatable bonds is 4. The molecule has 20 heavy (non-hydrogen) atoms. The zero-order valence-electron chi connectivity index (χ0n) is 11.4. The second-order valence-electron chi connectivity index (χ2n) is 4.62. The molecule has 0 aliphatic rings. The monoisotopic (exact) mass is 272 g/mol. The Morgan fingerprint density at radius 1 is 1.40 bits per heavy atom. The SMILES string of the molecule is Cc1cnc(NCc2cccc([N+](=O)[O-])c2C)c(N)c1. The van der Waals surface area contributed by atoms with Crippen LogP contribution in [0, 0.1) is 24.0 Å². The summed E-state index contributed by atoms with van der Waals surface area (Å²) in [5.74, 6) is 0.585. The van der Waals surface area contributed by atoms with Crippen molar-refractivity contribution in [3.8, 4) is 0 Å². The number of benzene rings is 1. The Hall–Kier alpha value is -2.63. The molecule has 104 valence electrons. The summed E-state index contributed by atoms with van der Waals surface area (Å²) in [7, 11) is 0. The molecule has 0 radical (unpaired) electrons. The molecule has 0 fully saturated rings. The van der Waals surface area contributed by atoms with Crippen LogP contribution in [0.2, 0.25) is 0 Å². The number of aromatic nitrogens is 1. The Kier molecular flexibility index (Phi) is 3.84. The van der Waals surface area contributed by atoms with Gasteiger partial charge in [0.1, 0.15) is 5.82 Å². The van der Waals surface area contributed by atoms with Gasteiger partial charge in [-0.15, -0.1) is 0 Å². The van der Waals surface area contributed by atoms with Gasteiger partial charge in [0.05, 0.1) is 10.6 Å². The lowest BCUT2D eigenvalue weighted by atomic mass is 10.1. The number of aryl methyl sites for hydroxylation is 1. The van der Waals surface area contributed by atoms with Crippen LogP contribution in [0.3, 0.4) is 0 Å². The highest BCUT2D eigenvalue weighted by Crippen LogP contribution is 2.23. The average Bonchev–Trinajstić information content (AvgIpc) is 2.39. The van der Waals surface area contributed by atoms with Crippen molar-refractivity contribution in [1.82, 2.24) is 4.98 Å². The summed E-state index contributed by atoms with van der Waals surface area (Å²) >= 11 is 0. The Bertz CT molecular complexity index is 656. The van der Waals surface area contributed by atoms with Crippen LogP contribution in [0.1, 0.15) is 16.7 Å². The standard InChI is InChI=1S/C14H16N4O2/c1-9-6-12(15)14(16-7-9)17-8-11-4-3-5-13(10(11)2)18(19)20/h3-7H,8,15H2,1-2H3,(H,16,17). The van der Waals surface area contributed by atoms with Crippen molar-refractivity contribution in [2.75, 3.05) is 11.1 Å². The van der Waals surface area contributed by atoms with E-state index in [-0.39, 0.29) is 10.6 Å². The minimum Gasteiger partial charge on any atom is -0.396 e. The maximum atomic E-state index is 10.9. The van der Waals surface area contributed by atoms with Crippen LogP contribution in [-0.2, 0) is 6.54 Å². The molecular formula is C14H16N4O2. The summed E-state index contributed by atoms with van der Waals surface area (Å²) in [6, 6.07) is 6.85. The highest BCUT2D eigenvalue weighted by molar-refractivity contribution is 5.62. The minimum atomic E-state index is -0.378. The van der Waals surface area contributed by atoms with Crippen LogP contribution in [0.4, 0.5) is 17.2 Å². The fourth-order valence-corrected chi connectivity index (χ4v) is 1.98. The molecule has 0 atom stereocenters. The van der Waals surface area contributed by atoms with Gasteiger partial charge in [0.2, 0.25) is 0 Å². The number of nitro groups is 1. The molecule has 0 aliphatic carbocycles. The molecule has 0 unspecified atom stereocenters. The second-order valence-corrected chi connectivity index (χ2v) is 4.62. The van der Waals surface area contributed by atoms with Gasteiger partial charge in [-0.05, 0) is 31.0 Å². The highest BCUT2D eigenvalue weighted by Gasteiger charge is 2.13. The maximum Gasteiger partial charge on any atom is 0.272 e. The maximum absolute atomic E-state index is 10.9. The summed E-state index contributed by atoms with van der Waals surface area (Å²) in [4.78, 5) is 14.7. The summed E-state index contributed by atoms with van der Waals surface area (Å²) in [5, 5.41) is 14.0. The predicted octanol–water partition coefficient (Wildman–Crippen LogP) is 2.80. The van der Waals surface area contributed by atoms with Gasteiger partial charge in [-0.25, -0.2) is 4.98 Å². The predicted molar refractivity (Wildman–Crippen MR) is 78.5 cm³/mol. The van der Waals surface area contributed by atoms with E-state index in [2.05, 4.69) is 10.3 Å². The van der Waals surface area contributed by atoms with Gasteiger partial charge in [-0.3, -0.25) is 10.1 Å². The van der Waals surface area contributed by atoms with Crippen molar-refractivity contribution in [3.05, 3.63) is 57.3 Å². The minimum absolute atomic E-state index is 0.120. The number of hydrogen-bond acceptors (Lipinski definition) is 5. The van der Waals surface area contributed by atoms with Crippen LogP contribution in [0.15, 0.2) is 30.5 Å². The Morgan fingerprint density at radius 3 is 2.80 bits per heavy atom. The summed E-state index contributed by atoms with van der Waals surface area (Å²) in [5.41, 5.74) is 9.03. The van der Waals surface area contributed by atoms with E-state index in [4.69, 9.17) is 5.73 Å². The Balaban J connectivity index is 2.19. The third-order valence-electron chi connectivity index (χ3n) is 3.11. The summed E-state index contributed by atoms with van der Waals surface area (Å²) < 4.78 is 0. The van der Waals surface area contributed by atoms with Gasteiger partial charge in [-0.1, -0.05) is 12.1 Å². The molecule has 0 bridgehead atoms. The third-order valence-corrected chi connectivity index (χ3v) is 3.11. The van der Waals surface area contributed by atoms with Crippen molar-refractivity contribution in [3.63, 3.8) is 0 Å². The van der Waals surface area contributed by atoms with E-state index < -0.39 is 0 Å². The molecule has 6 nitrogen and oxygen atoms in total. The largest absolute Gasteiger partial charge is 0.396 e. The molecule has 2 aromatic rings. The van der Waals surface area contributed by atoms with Crippen molar-refractivity contribution in [2.24, 2.45) is 0 Å². The Labute approximate surface area is 116 Å². The first-order valence-electron chi connectivity index (χ1n) is 6.18. The molecular weight excluding hydrogens is 256 g/mol. The molecule has 0 amide bonds. The zero-order chi connectivity index (χ0) is 14.7. The molecule has 6 heteroatoms. The molecule has 1 aromatic carbocycles. The van der Waals surface area contributed by atoms with Crippen molar-refractivity contribution in [2.45, 2.75) is 20.4 Å². The first-order chi connectivity index (χ1) is 9.49. The van der Waals surface area contributed by atoms with Gasteiger partial charge in [0, 0.05) is 24.4 Å². The lowest BCUT2D eigenvalue weighted by Crippen LogP contribution is -2.06. The number of nitrogens with zero attached hydrogens (tertiary/aromatic N) is 2. The van der Waals surface area contributed by atoms with Gasteiger partial charge < -0.3 is 11.1 Å². The molecule has 3 N–H and O–H groups in total. The lowest BCUT2D eigenvalue weighted by Gasteiger charge is -2.10. The van der Waals surface area contributed by atoms with E-state index in [1.165, 1.54) is 6.07 Å².